The zero-order valence-electron chi connectivity index (χ0n) is 14.6. The van der Waals surface area contributed by atoms with Crippen LogP contribution in [0.5, 0.6) is 0 Å². The first kappa shape index (κ1) is 15.9. The molecule has 1 aliphatic carbocycles. The van der Waals surface area contributed by atoms with Crippen LogP contribution in [-0.2, 0) is 13.1 Å². The van der Waals surface area contributed by atoms with Crippen LogP contribution in [0.15, 0.2) is 41.5 Å². The van der Waals surface area contributed by atoms with Crippen molar-refractivity contribution in [1.82, 2.24) is 19.1 Å². The van der Waals surface area contributed by atoms with Gasteiger partial charge in [0.1, 0.15) is 5.82 Å². The van der Waals surface area contributed by atoms with E-state index in [1.54, 1.807) is 17.0 Å². The molecule has 0 aliphatic heterocycles. The summed E-state index contributed by atoms with van der Waals surface area (Å²) in [5.41, 5.74) is 2.09. The quantitative estimate of drug-likeness (QED) is 0.750. The number of hydrogen-bond donors (Lipinski definition) is 1. The summed E-state index contributed by atoms with van der Waals surface area (Å²) in [6.07, 6.45) is 5.80. The standard InChI is InChI=1S/C19H23N5O/c1-13(2)12-23-10-9-20-18(19(23)25)21-11-17-22-15-5-3-4-6-16(15)24(17)14-7-8-14/h3-6,9-10,13-14H,7-8,11-12H2,1-2H3,(H,20,21). The highest BCUT2D eigenvalue weighted by molar-refractivity contribution is 5.76. The van der Waals surface area contributed by atoms with Crippen LogP contribution in [0, 0.1) is 5.92 Å². The van der Waals surface area contributed by atoms with Gasteiger partial charge in [0.25, 0.3) is 5.56 Å². The number of hydrogen-bond acceptors (Lipinski definition) is 4. The molecule has 6 nitrogen and oxygen atoms in total. The molecule has 1 N–H and O–H groups in total. The third kappa shape index (κ3) is 3.16. The molecule has 0 amide bonds. The van der Waals surface area contributed by atoms with E-state index in [1.165, 1.54) is 18.4 Å². The van der Waals surface area contributed by atoms with Crippen LogP contribution < -0.4 is 10.9 Å². The Morgan fingerprint density at radius 3 is 2.84 bits per heavy atom. The van der Waals surface area contributed by atoms with E-state index in [0.29, 0.717) is 30.9 Å². The van der Waals surface area contributed by atoms with Crippen molar-refractivity contribution in [1.29, 1.82) is 0 Å². The van der Waals surface area contributed by atoms with Gasteiger partial charge < -0.3 is 14.5 Å². The average Bonchev–Trinajstić information content (AvgIpc) is 3.35. The largest absolute Gasteiger partial charge is 0.358 e. The summed E-state index contributed by atoms with van der Waals surface area (Å²) in [4.78, 5) is 21.5. The highest BCUT2D eigenvalue weighted by Gasteiger charge is 2.28. The Bertz CT molecular complexity index is 952. The van der Waals surface area contributed by atoms with Crippen molar-refractivity contribution in [3.63, 3.8) is 0 Å². The molecule has 0 unspecified atom stereocenters. The molecular formula is C19H23N5O. The molecule has 25 heavy (non-hydrogen) atoms. The Labute approximate surface area is 146 Å². The van der Waals surface area contributed by atoms with Crippen molar-refractivity contribution in [3.8, 4) is 0 Å². The van der Waals surface area contributed by atoms with Gasteiger partial charge in [-0.3, -0.25) is 4.79 Å². The number of aromatic nitrogens is 4. The normalized spacial score (nSPS) is 14.4. The van der Waals surface area contributed by atoms with Crippen molar-refractivity contribution in [3.05, 3.63) is 52.8 Å². The Kier molecular flexibility index (Phi) is 4.03. The molecule has 2 aromatic heterocycles. The van der Waals surface area contributed by atoms with E-state index in [9.17, 15) is 4.79 Å². The lowest BCUT2D eigenvalue weighted by molar-refractivity contribution is 0.509. The van der Waals surface area contributed by atoms with Gasteiger partial charge in [0.05, 0.1) is 17.6 Å². The predicted octanol–water partition coefficient (Wildman–Crippen LogP) is 3.20. The van der Waals surface area contributed by atoms with Crippen LogP contribution in [0.4, 0.5) is 5.82 Å². The zero-order chi connectivity index (χ0) is 17.4. The first-order valence-corrected chi connectivity index (χ1v) is 8.88. The topological polar surface area (TPSA) is 64.7 Å². The van der Waals surface area contributed by atoms with Crippen LogP contribution in [-0.4, -0.2) is 19.1 Å². The van der Waals surface area contributed by atoms with Crippen LogP contribution >= 0.6 is 0 Å². The van der Waals surface area contributed by atoms with Crippen LogP contribution in [0.25, 0.3) is 11.0 Å². The van der Waals surface area contributed by atoms with Crippen molar-refractivity contribution in [2.24, 2.45) is 5.92 Å². The van der Waals surface area contributed by atoms with Gasteiger partial charge >= 0.3 is 0 Å². The van der Waals surface area contributed by atoms with Gasteiger partial charge in [-0.2, -0.15) is 0 Å². The Morgan fingerprint density at radius 2 is 2.08 bits per heavy atom. The molecule has 0 atom stereocenters. The highest BCUT2D eigenvalue weighted by atomic mass is 16.1. The van der Waals surface area contributed by atoms with E-state index in [4.69, 9.17) is 4.98 Å². The second-order valence-corrected chi connectivity index (χ2v) is 7.10. The molecule has 3 aromatic rings. The van der Waals surface area contributed by atoms with E-state index >= 15 is 0 Å². The fourth-order valence-corrected chi connectivity index (χ4v) is 3.23. The van der Waals surface area contributed by atoms with Crippen LogP contribution in [0.2, 0.25) is 0 Å². The number of fused-ring (bicyclic) bond motifs is 1. The number of para-hydroxylation sites is 2. The molecule has 1 aliphatic rings. The van der Waals surface area contributed by atoms with E-state index < -0.39 is 0 Å². The van der Waals surface area contributed by atoms with Crippen LogP contribution in [0.1, 0.15) is 38.6 Å². The van der Waals surface area contributed by atoms with Gasteiger partial charge in [-0.15, -0.1) is 0 Å². The summed E-state index contributed by atoms with van der Waals surface area (Å²) in [7, 11) is 0. The summed E-state index contributed by atoms with van der Waals surface area (Å²) in [5, 5.41) is 3.20. The average molecular weight is 337 g/mol. The fourth-order valence-electron chi connectivity index (χ4n) is 3.23. The second kappa shape index (κ2) is 6.35. The molecule has 0 radical (unpaired) electrons. The molecule has 130 valence electrons. The second-order valence-electron chi connectivity index (χ2n) is 7.10. The molecule has 2 heterocycles. The molecular weight excluding hydrogens is 314 g/mol. The SMILES string of the molecule is CC(C)Cn1ccnc(NCc2nc3ccccc3n2C2CC2)c1=O. The Morgan fingerprint density at radius 1 is 1.28 bits per heavy atom. The monoisotopic (exact) mass is 337 g/mol. The maximum atomic E-state index is 12.5. The van der Waals surface area contributed by atoms with Crippen LogP contribution in [0.3, 0.4) is 0 Å². The predicted molar refractivity (Wildman–Crippen MR) is 98.7 cm³/mol. The number of nitrogens with zero attached hydrogens (tertiary/aromatic N) is 4. The van der Waals surface area contributed by atoms with E-state index in [2.05, 4.69) is 34.8 Å². The van der Waals surface area contributed by atoms with E-state index in [0.717, 1.165) is 11.3 Å². The minimum atomic E-state index is -0.0784. The minimum absolute atomic E-state index is 0.0784. The summed E-state index contributed by atoms with van der Waals surface area (Å²) in [5.74, 6) is 1.76. The number of benzene rings is 1. The maximum absolute atomic E-state index is 12.5. The zero-order valence-corrected chi connectivity index (χ0v) is 14.6. The smallest absolute Gasteiger partial charge is 0.293 e. The maximum Gasteiger partial charge on any atom is 0.293 e. The summed E-state index contributed by atoms with van der Waals surface area (Å²) in [6.45, 7) is 5.38. The third-order valence-corrected chi connectivity index (χ3v) is 4.47. The summed E-state index contributed by atoms with van der Waals surface area (Å²) in [6, 6.07) is 8.73. The first-order valence-electron chi connectivity index (χ1n) is 8.88. The fraction of sp³-hybridized carbons (Fsp3) is 0.421. The van der Waals surface area contributed by atoms with Gasteiger partial charge in [-0.1, -0.05) is 26.0 Å². The van der Waals surface area contributed by atoms with Gasteiger partial charge in [0.15, 0.2) is 5.82 Å². The molecule has 1 saturated carbocycles. The van der Waals surface area contributed by atoms with E-state index in [1.807, 2.05) is 18.2 Å². The molecule has 1 fully saturated rings. The first-order chi connectivity index (χ1) is 12.1. The lowest BCUT2D eigenvalue weighted by atomic mass is 10.2. The van der Waals surface area contributed by atoms with Crippen molar-refractivity contribution in [2.45, 2.75) is 45.8 Å². The Hall–Kier alpha value is -2.63. The Balaban J connectivity index is 1.61. The number of anilines is 1. The summed E-state index contributed by atoms with van der Waals surface area (Å²) >= 11 is 0. The van der Waals surface area contributed by atoms with Gasteiger partial charge in [0, 0.05) is 25.0 Å². The number of nitrogens with one attached hydrogen (secondary N) is 1. The minimum Gasteiger partial charge on any atom is -0.358 e. The van der Waals surface area contributed by atoms with Gasteiger partial charge in [-0.25, -0.2) is 9.97 Å². The van der Waals surface area contributed by atoms with Crippen molar-refractivity contribution >= 4 is 16.9 Å². The number of rotatable bonds is 6. The molecule has 0 saturated heterocycles. The third-order valence-electron chi connectivity index (χ3n) is 4.47. The summed E-state index contributed by atoms with van der Waals surface area (Å²) < 4.78 is 4.02. The molecule has 4 rings (SSSR count). The highest BCUT2D eigenvalue weighted by Crippen LogP contribution is 2.38. The van der Waals surface area contributed by atoms with Gasteiger partial charge in [-0.05, 0) is 30.9 Å². The molecule has 6 heteroatoms. The lowest BCUT2D eigenvalue weighted by Crippen LogP contribution is -2.26. The molecule has 0 spiro atoms. The van der Waals surface area contributed by atoms with Crippen molar-refractivity contribution < 1.29 is 0 Å². The lowest BCUT2D eigenvalue weighted by Gasteiger charge is -2.11. The molecule has 0 bridgehead atoms. The number of imidazole rings is 1. The molecule has 1 aromatic carbocycles. The van der Waals surface area contributed by atoms with Gasteiger partial charge in [0.2, 0.25) is 0 Å². The van der Waals surface area contributed by atoms with Crippen molar-refractivity contribution in [2.75, 3.05) is 5.32 Å². The van der Waals surface area contributed by atoms with E-state index in [-0.39, 0.29) is 5.56 Å².